The Balaban J connectivity index is 1.47. The van der Waals surface area contributed by atoms with Gasteiger partial charge in [-0.25, -0.2) is 9.97 Å². The van der Waals surface area contributed by atoms with E-state index in [-0.39, 0.29) is 5.56 Å². The van der Waals surface area contributed by atoms with E-state index in [1.54, 1.807) is 6.07 Å². The normalized spacial score (nSPS) is 11.5. The third kappa shape index (κ3) is 5.31. The monoisotopic (exact) mass is 490 g/mol. The second-order valence-electron chi connectivity index (χ2n) is 8.49. The molecule has 0 radical (unpaired) electrons. The molecule has 10 nitrogen and oxygen atoms in total. The molecular formula is C24H26N8O2S. The Morgan fingerprint density at radius 1 is 1.06 bits per heavy atom. The molecule has 11 heteroatoms. The predicted molar refractivity (Wildman–Crippen MR) is 138 cm³/mol. The van der Waals surface area contributed by atoms with E-state index >= 15 is 0 Å². The Kier molecular flexibility index (Phi) is 6.43. The minimum atomic E-state index is -0.141. The van der Waals surface area contributed by atoms with Gasteiger partial charge in [0, 0.05) is 34.7 Å². The van der Waals surface area contributed by atoms with Gasteiger partial charge >= 0.3 is 0 Å². The first kappa shape index (κ1) is 22.9. The molecule has 0 aliphatic rings. The lowest BCUT2D eigenvalue weighted by atomic mass is 10.2. The van der Waals surface area contributed by atoms with Gasteiger partial charge in [0.15, 0.2) is 11.0 Å². The zero-order chi connectivity index (χ0) is 24.4. The minimum absolute atomic E-state index is 0.141. The maximum atomic E-state index is 11.8. The Morgan fingerprint density at radius 2 is 1.91 bits per heavy atom. The van der Waals surface area contributed by atoms with Gasteiger partial charge in [-0.3, -0.25) is 20.1 Å². The predicted octanol–water partition coefficient (Wildman–Crippen LogP) is 4.06. The van der Waals surface area contributed by atoms with Crippen LogP contribution in [0.2, 0.25) is 0 Å². The molecule has 5 rings (SSSR count). The number of hydrogen-bond donors (Lipinski definition) is 4. The summed E-state index contributed by atoms with van der Waals surface area (Å²) in [7, 11) is 4.10. The van der Waals surface area contributed by atoms with E-state index in [2.05, 4.69) is 30.6 Å². The number of fused-ring (bicyclic) bond motifs is 2. The first-order chi connectivity index (χ1) is 16.9. The van der Waals surface area contributed by atoms with Crippen LogP contribution in [0.1, 0.15) is 12.1 Å². The van der Waals surface area contributed by atoms with Gasteiger partial charge in [-0.1, -0.05) is 0 Å². The summed E-state index contributed by atoms with van der Waals surface area (Å²) in [6.45, 7) is 3.53. The van der Waals surface area contributed by atoms with Crippen molar-refractivity contribution in [3.8, 4) is 5.75 Å². The summed E-state index contributed by atoms with van der Waals surface area (Å²) in [5, 5.41) is 18.1. The number of aromatic nitrogens is 6. The van der Waals surface area contributed by atoms with Gasteiger partial charge in [0.2, 0.25) is 0 Å². The molecule has 0 unspecified atom stereocenters. The summed E-state index contributed by atoms with van der Waals surface area (Å²) in [4.78, 5) is 24.4. The van der Waals surface area contributed by atoms with Gasteiger partial charge in [-0.15, -0.1) is 0 Å². The number of ether oxygens (including phenoxy) is 1. The van der Waals surface area contributed by atoms with Crippen LogP contribution in [0.4, 0.5) is 11.6 Å². The highest BCUT2D eigenvalue weighted by Crippen LogP contribution is 2.32. The van der Waals surface area contributed by atoms with Crippen LogP contribution in [0.3, 0.4) is 0 Å². The summed E-state index contributed by atoms with van der Waals surface area (Å²) < 4.78 is 5.97. The van der Waals surface area contributed by atoms with E-state index in [4.69, 9.17) is 14.7 Å². The van der Waals surface area contributed by atoms with Crippen molar-refractivity contribution < 1.29 is 4.74 Å². The fraction of sp³-hybridized carbons (Fsp3) is 0.250. The number of nitrogens with one attached hydrogen (secondary N) is 4. The molecular weight excluding hydrogens is 464 g/mol. The van der Waals surface area contributed by atoms with Crippen LogP contribution >= 0.6 is 11.8 Å². The van der Waals surface area contributed by atoms with E-state index in [0.29, 0.717) is 28.8 Å². The summed E-state index contributed by atoms with van der Waals surface area (Å²) in [6, 6.07) is 13.3. The van der Waals surface area contributed by atoms with Crippen LogP contribution in [-0.2, 0) is 0 Å². The van der Waals surface area contributed by atoms with E-state index in [1.807, 2.05) is 57.4 Å². The zero-order valence-electron chi connectivity index (χ0n) is 19.7. The molecule has 0 aliphatic carbocycles. The largest absolute Gasteiger partial charge is 0.493 e. The van der Waals surface area contributed by atoms with Crippen LogP contribution in [0.25, 0.3) is 21.8 Å². The van der Waals surface area contributed by atoms with Crippen molar-refractivity contribution in [3.63, 3.8) is 0 Å². The van der Waals surface area contributed by atoms with Crippen molar-refractivity contribution in [1.82, 2.24) is 35.3 Å². The molecule has 3 aromatic heterocycles. The lowest BCUT2D eigenvalue weighted by molar-refractivity contribution is 0.282. The standard InChI is InChI=1S/C24H26N8O2S/c1-14-11-21(30-28-14)26-22-17-7-5-15(34-10-4-9-32(2)3)12-19(17)25-24(27-22)35-16-6-8-18-20(13-16)29-31-23(18)33/h5-8,11-13H,4,9-10H2,1-3H3,(H2,29,31,33)(H2,25,26,27,28,30). The molecule has 0 aliphatic heterocycles. The van der Waals surface area contributed by atoms with E-state index in [1.165, 1.54) is 11.8 Å². The Morgan fingerprint density at radius 3 is 2.71 bits per heavy atom. The number of H-pyrrole nitrogens is 3. The molecule has 35 heavy (non-hydrogen) atoms. The molecule has 0 amide bonds. The maximum absolute atomic E-state index is 11.8. The highest BCUT2D eigenvalue weighted by atomic mass is 32.2. The lowest BCUT2D eigenvalue weighted by Crippen LogP contribution is -2.15. The van der Waals surface area contributed by atoms with Crippen molar-refractivity contribution in [3.05, 3.63) is 58.5 Å². The van der Waals surface area contributed by atoms with Gasteiger partial charge in [-0.05, 0) is 69.5 Å². The first-order valence-electron chi connectivity index (χ1n) is 11.2. The van der Waals surface area contributed by atoms with Gasteiger partial charge in [0.25, 0.3) is 5.56 Å². The smallest absolute Gasteiger partial charge is 0.271 e. The highest BCUT2D eigenvalue weighted by Gasteiger charge is 2.13. The molecule has 0 atom stereocenters. The van der Waals surface area contributed by atoms with Crippen LogP contribution in [-0.4, -0.2) is 62.5 Å². The summed E-state index contributed by atoms with van der Waals surface area (Å²) in [6.07, 6.45) is 0.935. The van der Waals surface area contributed by atoms with E-state index in [9.17, 15) is 4.79 Å². The average molecular weight is 491 g/mol. The molecule has 2 aromatic carbocycles. The first-order valence-corrected chi connectivity index (χ1v) is 12.0. The zero-order valence-corrected chi connectivity index (χ0v) is 20.5. The summed E-state index contributed by atoms with van der Waals surface area (Å²) in [5.74, 6) is 2.09. The van der Waals surface area contributed by atoms with Gasteiger partial charge in [0.05, 0.1) is 23.0 Å². The van der Waals surface area contributed by atoms with Crippen LogP contribution < -0.4 is 15.6 Å². The molecule has 4 N–H and O–H groups in total. The van der Waals surface area contributed by atoms with Crippen molar-refractivity contribution in [2.75, 3.05) is 32.6 Å². The Hall–Kier alpha value is -3.83. The molecule has 0 bridgehead atoms. The Labute approximate surface area is 205 Å². The molecule has 0 fully saturated rings. The number of rotatable bonds is 9. The SMILES string of the molecule is Cc1cc(Nc2nc(Sc3ccc4c(=O)[nH][nH]c4c3)nc3cc(OCCCN(C)C)ccc23)n[nH]1. The summed E-state index contributed by atoms with van der Waals surface area (Å²) >= 11 is 1.41. The fourth-order valence-electron chi connectivity index (χ4n) is 3.68. The number of nitrogens with zero attached hydrogens (tertiary/aromatic N) is 4. The quantitative estimate of drug-likeness (QED) is 0.180. The molecule has 0 saturated carbocycles. The van der Waals surface area contributed by atoms with Gasteiger partial charge in [-0.2, -0.15) is 5.10 Å². The Bertz CT molecular complexity index is 1540. The molecule has 0 saturated heterocycles. The van der Waals surface area contributed by atoms with Crippen molar-refractivity contribution in [1.29, 1.82) is 0 Å². The van der Waals surface area contributed by atoms with E-state index in [0.717, 1.165) is 45.7 Å². The fourth-order valence-corrected chi connectivity index (χ4v) is 4.48. The number of hydrogen-bond acceptors (Lipinski definition) is 8. The van der Waals surface area contributed by atoms with Crippen LogP contribution in [0.15, 0.2) is 57.3 Å². The molecule has 0 spiro atoms. The molecule has 5 aromatic rings. The maximum Gasteiger partial charge on any atom is 0.271 e. The second kappa shape index (κ2) is 9.80. The highest BCUT2D eigenvalue weighted by molar-refractivity contribution is 7.99. The minimum Gasteiger partial charge on any atom is -0.493 e. The average Bonchev–Trinajstić information content (AvgIpc) is 3.41. The lowest BCUT2D eigenvalue weighted by Gasteiger charge is -2.12. The van der Waals surface area contributed by atoms with Gasteiger partial charge < -0.3 is 15.0 Å². The van der Waals surface area contributed by atoms with Crippen LogP contribution in [0.5, 0.6) is 5.75 Å². The second-order valence-corrected chi connectivity index (χ2v) is 9.53. The van der Waals surface area contributed by atoms with Crippen LogP contribution in [0, 0.1) is 6.92 Å². The molecule has 180 valence electrons. The van der Waals surface area contributed by atoms with Crippen molar-refractivity contribution in [2.24, 2.45) is 0 Å². The number of benzene rings is 2. The third-order valence-corrected chi connectivity index (χ3v) is 6.23. The topological polar surface area (TPSA) is 128 Å². The van der Waals surface area contributed by atoms with Gasteiger partial charge in [0.1, 0.15) is 11.6 Å². The summed E-state index contributed by atoms with van der Waals surface area (Å²) in [5.41, 5.74) is 2.30. The van der Waals surface area contributed by atoms with Crippen molar-refractivity contribution in [2.45, 2.75) is 23.4 Å². The van der Waals surface area contributed by atoms with E-state index < -0.39 is 0 Å². The number of aromatic amines is 3. The third-order valence-electron chi connectivity index (χ3n) is 5.37. The number of anilines is 2. The number of aryl methyl sites for hydroxylation is 1. The van der Waals surface area contributed by atoms with Crippen molar-refractivity contribution >= 4 is 45.2 Å². The molecule has 3 heterocycles.